The van der Waals surface area contributed by atoms with Crippen molar-refractivity contribution in [2.45, 2.75) is 38.3 Å². The van der Waals surface area contributed by atoms with Crippen LogP contribution >= 0.6 is 0 Å². The lowest BCUT2D eigenvalue weighted by Gasteiger charge is -2.37. The maximum absolute atomic E-state index is 10.6. The third-order valence-electron chi connectivity index (χ3n) is 4.21. The van der Waals surface area contributed by atoms with Gasteiger partial charge in [0.1, 0.15) is 17.5 Å². The molecule has 0 bridgehead atoms. The molecule has 2 aromatic heterocycles. The van der Waals surface area contributed by atoms with Gasteiger partial charge in [0.25, 0.3) is 0 Å². The number of carboxylic acids is 2. The summed E-state index contributed by atoms with van der Waals surface area (Å²) in [6, 6.07) is 8.11. The number of hydrogen-bond donors (Lipinski definition) is 3. The van der Waals surface area contributed by atoms with Gasteiger partial charge in [-0.2, -0.15) is 26.3 Å². The summed E-state index contributed by atoms with van der Waals surface area (Å²) < 4.78 is 69.1. The molecule has 0 aromatic carbocycles. The minimum Gasteiger partial charge on any atom is -0.475 e. The maximum atomic E-state index is 10.6. The van der Waals surface area contributed by atoms with Crippen molar-refractivity contribution in [2.24, 2.45) is 0 Å². The topological polar surface area (TPSA) is 138 Å². The fourth-order valence-corrected chi connectivity index (χ4v) is 2.63. The zero-order valence-corrected chi connectivity index (χ0v) is 18.9. The third kappa shape index (κ3) is 10.8. The minimum absolute atomic E-state index is 0.0965. The van der Waals surface area contributed by atoms with E-state index in [9.17, 15) is 26.3 Å². The second-order valence-corrected chi connectivity index (χ2v) is 7.17. The second kappa shape index (κ2) is 13.5. The maximum Gasteiger partial charge on any atom is 0.490 e. The van der Waals surface area contributed by atoms with Crippen LogP contribution in [-0.4, -0.2) is 80.2 Å². The van der Waals surface area contributed by atoms with E-state index in [1.165, 1.54) is 0 Å². The predicted molar refractivity (Wildman–Crippen MR) is 112 cm³/mol. The Morgan fingerprint density at radius 1 is 1.00 bits per heavy atom. The number of nitrogens with zero attached hydrogens (tertiary/aromatic N) is 4. The van der Waals surface area contributed by atoms with Crippen LogP contribution in [0.2, 0.25) is 0 Å². The van der Waals surface area contributed by atoms with Crippen LogP contribution in [0.3, 0.4) is 0 Å². The molecule has 1 fully saturated rings. The number of pyridine rings is 1. The molecule has 3 rings (SSSR count). The summed E-state index contributed by atoms with van der Waals surface area (Å²) in [6.07, 6.45) is -6.64. The Kier molecular flexibility index (Phi) is 11.5. The van der Waals surface area contributed by atoms with Crippen LogP contribution in [0.15, 0.2) is 36.7 Å². The van der Waals surface area contributed by atoms with E-state index in [1.54, 1.807) is 12.4 Å². The molecular formula is C20H23F6N5O5. The number of halogens is 6. The molecule has 1 saturated heterocycles. The molecule has 1 atom stereocenters. The Hall–Kier alpha value is -3.53. The average Bonchev–Trinajstić information content (AvgIpc) is 2.79. The number of ether oxygens (including phenoxy) is 1. The third-order valence-corrected chi connectivity index (χ3v) is 4.21. The molecule has 3 N–H and O–H groups in total. The van der Waals surface area contributed by atoms with Crippen LogP contribution in [0.5, 0.6) is 0 Å². The molecule has 16 heteroatoms. The van der Waals surface area contributed by atoms with Crippen LogP contribution in [-0.2, 0) is 14.3 Å². The monoisotopic (exact) mass is 527 g/mol. The van der Waals surface area contributed by atoms with E-state index in [2.05, 4.69) is 39.0 Å². The van der Waals surface area contributed by atoms with Crippen LogP contribution in [0.4, 0.5) is 38.0 Å². The van der Waals surface area contributed by atoms with Crippen LogP contribution in [0.1, 0.15) is 25.7 Å². The van der Waals surface area contributed by atoms with Crippen molar-refractivity contribution in [3.8, 4) is 0 Å². The Morgan fingerprint density at radius 2 is 1.58 bits per heavy atom. The number of nitrogens with one attached hydrogen (secondary N) is 1. The van der Waals surface area contributed by atoms with E-state index >= 15 is 0 Å². The number of aliphatic carboxylic acids is 2. The standard InChI is InChI=1S/C16H21N5O.2C2HF3O2/c1-12(2)21-9-10-22-11-13(21)16-18-8-6-15(20-16)19-14-5-3-4-7-17-14;2*3-2(4,5)1(6)7/h3-8,12-13H,9-11H2,1-2H3,(H,17,18,19,20);2*(H,6,7). The number of carbonyl (C=O) groups is 2. The van der Waals surface area contributed by atoms with Crippen LogP contribution in [0.25, 0.3) is 0 Å². The highest BCUT2D eigenvalue weighted by atomic mass is 19.4. The van der Waals surface area contributed by atoms with E-state index in [0.717, 1.165) is 30.6 Å². The second-order valence-electron chi connectivity index (χ2n) is 7.17. The Balaban J connectivity index is 0.000000383. The van der Waals surface area contributed by atoms with Crippen molar-refractivity contribution in [1.29, 1.82) is 0 Å². The van der Waals surface area contributed by atoms with Gasteiger partial charge < -0.3 is 20.3 Å². The molecule has 0 spiro atoms. The van der Waals surface area contributed by atoms with Gasteiger partial charge in [0.05, 0.1) is 19.3 Å². The van der Waals surface area contributed by atoms with Gasteiger partial charge in [0.15, 0.2) is 0 Å². The Bertz CT molecular complexity index is 951. The first-order chi connectivity index (χ1) is 16.6. The van der Waals surface area contributed by atoms with E-state index in [4.69, 9.17) is 24.5 Å². The first kappa shape index (κ1) is 30.5. The number of carboxylic acid groups (broad SMARTS) is 2. The highest BCUT2D eigenvalue weighted by Crippen LogP contribution is 2.24. The average molecular weight is 527 g/mol. The van der Waals surface area contributed by atoms with Crippen LogP contribution in [0, 0.1) is 0 Å². The Labute approximate surface area is 200 Å². The molecule has 1 aliphatic heterocycles. The summed E-state index contributed by atoms with van der Waals surface area (Å²) in [7, 11) is 0. The van der Waals surface area contributed by atoms with Crippen molar-refractivity contribution in [3.63, 3.8) is 0 Å². The number of morpholine rings is 1. The van der Waals surface area contributed by atoms with Gasteiger partial charge in [-0.1, -0.05) is 6.07 Å². The van der Waals surface area contributed by atoms with Gasteiger partial charge in [0, 0.05) is 25.0 Å². The van der Waals surface area contributed by atoms with Gasteiger partial charge in [-0.3, -0.25) is 4.90 Å². The van der Waals surface area contributed by atoms with Crippen molar-refractivity contribution < 1.29 is 50.9 Å². The zero-order valence-electron chi connectivity index (χ0n) is 18.9. The molecule has 0 radical (unpaired) electrons. The summed E-state index contributed by atoms with van der Waals surface area (Å²) in [4.78, 5) is 33.5. The number of hydrogen-bond acceptors (Lipinski definition) is 8. The fourth-order valence-electron chi connectivity index (χ4n) is 2.63. The summed E-state index contributed by atoms with van der Waals surface area (Å²) >= 11 is 0. The minimum atomic E-state index is -5.08. The van der Waals surface area contributed by atoms with Gasteiger partial charge in [-0.05, 0) is 32.0 Å². The van der Waals surface area contributed by atoms with E-state index in [-0.39, 0.29) is 6.04 Å². The highest BCUT2D eigenvalue weighted by molar-refractivity contribution is 5.73. The smallest absolute Gasteiger partial charge is 0.475 e. The zero-order chi connectivity index (χ0) is 27.5. The largest absolute Gasteiger partial charge is 0.490 e. The summed E-state index contributed by atoms with van der Waals surface area (Å²) in [5.41, 5.74) is 0. The highest BCUT2D eigenvalue weighted by Gasteiger charge is 2.38. The molecule has 1 unspecified atom stereocenters. The summed E-state index contributed by atoms with van der Waals surface area (Å²) in [6.45, 7) is 6.68. The van der Waals surface area contributed by atoms with Gasteiger partial charge >= 0.3 is 24.3 Å². The van der Waals surface area contributed by atoms with E-state index in [0.29, 0.717) is 12.6 Å². The van der Waals surface area contributed by atoms with Crippen molar-refractivity contribution in [2.75, 3.05) is 25.1 Å². The van der Waals surface area contributed by atoms with Crippen molar-refractivity contribution >= 4 is 23.6 Å². The fraction of sp³-hybridized carbons (Fsp3) is 0.450. The lowest BCUT2D eigenvalue weighted by molar-refractivity contribution is -0.193. The number of anilines is 2. The first-order valence-electron chi connectivity index (χ1n) is 10.1. The molecule has 3 heterocycles. The number of aromatic nitrogens is 3. The quantitative estimate of drug-likeness (QED) is 0.505. The molecule has 2 aromatic rings. The molecule has 0 aliphatic carbocycles. The van der Waals surface area contributed by atoms with Gasteiger partial charge in [0.2, 0.25) is 0 Å². The molecular weight excluding hydrogens is 504 g/mol. The van der Waals surface area contributed by atoms with Crippen molar-refractivity contribution in [1.82, 2.24) is 19.9 Å². The van der Waals surface area contributed by atoms with E-state index < -0.39 is 24.3 Å². The lowest BCUT2D eigenvalue weighted by Crippen LogP contribution is -2.44. The molecule has 10 nitrogen and oxygen atoms in total. The summed E-state index contributed by atoms with van der Waals surface area (Å²) in [5.74, 6) is -3.21. The van der Waals surface area contributed by atoms with Crippen LogP contribution < -0.4 is 5.32 Å². The predicted octanol–water partition coefficient (Wildman–Crippen LogP) is 3.66. The number of rotatable bonds is 4. The van der Waals surface area contributed by atoms with E-state index in [1.807, 2.05) is 24.3 Å². The summed E-state index contributed by atoms with van der Waals surface area (Å²) in [5, 5.41) is 17.5. The lowest BCUT2D eigenvalue weighted by atomic mass is 10.1. The van der Waals surface area contributed by atoms with Gasteiger partial charge in [-0.25, -0.2) is 24.5 Å². The normalized spacial score (nSPS) is 16.2. The molecule has 0 saturated carbocycles. The molecule has 0 amide bonds. The Morgan fingerprint density at radius 3 is 2.06 bits per heavy atom. The first-order valence-corrected chi connectivity index (χ1v) is 10.1. The molecule has 36 heavy (non-hydrogen) atoms. The van der Waals surface area contributed by atoms with Gasteiger partial charge in [-0.15, -0.1) is 0 Å². The van der Waals surface area contributed by atoms with Crippen molar-refractivity contribution in [3.05, 3.63) is 42.5 Å². The SMILES string of the molecule is CC(C)N1CCOCC1c1nccc(Nc2ccccn2)n1.O=C(O)C(F)(F)F.O=C(O)C(F)(F)F. The molecule has 1 aliphatic rings. The molecule has 200 valence electrons. The number of alkyl halides is 6.